The molecule has 0 aliphatic carbocycles. The Labute approximate surface area is 210 Å². The first-order valence-electron chi connectivity index (χ1n) is 11.7. The Morgan fingerprint density at radius 1 is 1.14 bits per heavy atom. The molecule has 9 heteroatoms. The standard InChI is InChI=1S/C26H32F2N4O2.CH3F/c1-26(2,3)24(32(13-7-12-29)23(34)17-33)25-30-22(20-14-19(27)10-11-21(20)28)16-31(25)15-18-8-5-4-6-9-18;1-2/h4-6,8-11,14,16,24,33H,7,12-13,15,17,29H2,1-3H3;1H3. The fourth-order valence-electron chi connectivity index (χ4n) is 4.12. The van der Waals surface area contributed by atoms with Crippen molar-refractivity contribution in [1.29, 1.82) is 0 Å². The van der Waals surface area contributed by atoms with E-state index in [9.17, 15) is 23.1 Å². The molecule has 0 aliphatic heterocycles. The van der Waals surface area contributed by atoms with Crippen molar-refractivity contribution in [2.24, 2.45) is 11.1 Å². The quantitative estimate of drug-likeness (QED) is 0.442. The predicted molar refractivity (Wildman–Crippen MR) is 135 cm³/mol. The average Bonchev–Trinajstić information content (AvgIpc) is 3.26. The summed E-state index contributed by atoms with van der Waals surface area (Å²) < 4.78 is 40.0. The number of alkyl halides is 1. The van der Waals surface area contributed by atoms with Gasteiger partial charge in [0.25, 0.3) is 0 Å². The van der Waals surface area contributed by atoms with Crippen LogP contribution in [-0.2, 0) is 11.3 Å². The molecule has 1 heterocycles. The van der Waals surface area contributed by atoms with Gasteiger partial charge >= 0.3 is 0 Å². The van der Waals surface area contributed by atoms with E-state index in [4.69, 9.17) is 10.7 Å². The molecule has 196 valence electrons. The van der Waals surface area contributed by atoms with E-state index in [1.807, 2.05) is 55.7 Å². The first kappa shape index (κ1) is 29.1. The number of halogens is 3. The van der Waals surface area contributed by atoms with Crippen molar-refractivity contribution in [3.05, 3.63) is 77.8 Å². The van der Waals surface area contributed by atoms with Crippen LogP contribution in [0.25, 0.3) is 11.3 Å². The minimum Gasteiger partial charge on any atom is -0.387 e. The lowest BCUT2D eigenvalue weighted by Gasteiger charge is -2.39. The summed E-state index contributed by atoms with van der Waals surface area (Å²) in [5.74, 6) is -1.08. The molecular weight excluding hydrogens is 469 g/mol. The number of amides is 1. The van der Waals surface area contributed by atoms with Crippen LogP contribution < -0.4 is 5.73 Å². The van der Waals surface area contributed by atoms with Crippen LogP contribution >= 0.6 is 0 Å². The lowest BCUT2D eigenvalue weighted by molar-refractivity contribution is -0.139. The van der Waals surface area contributed by atoms with Crippen molar-refractivity contribution in [2.75, 3.05) is 26.9 Å². The molecule has 3 N–H and O–H groups in total. The number of benzene rings is 2. The maximum absolute atomic E-state index is 14.6. The SMILES string of the molecule is CC(C)(C)C(c1nc(-c2cc(F)ccc2F)cn1Cc1ccccc1)N(CCCN)C(=O)CO.CF. The Balaban J connectivity index is 0.00000222. The van der Waals surface area contributed by atoms with E-state index in [2.05, 4.69) is 0 Å². The maximum Gasteiger partial charge on any atom is 0.248 e. The van der Waals surface area contributed by atoms with E-state index >= 15 is 0 Å². The zero-order valence-corrected chi connectivity index (χ0v) is 21.2. The van der Waals surface area contributed by atoms with Gasteiger partial charge in [0.05, 0.1) is 18.9 Å². The normalized spacial score (nSPS) is 12.0. The van der Waals surface area contributed by atoms with Crippen molar-refractivity contribution in [2.45, 2.75) is 39.8 Å². The lowest BCUT2D eigenvalue weighted by Crippen LogP contribution is -2.44. The number of nitrogens with zero attached hydrogens (tertiary/aromatic N) is 3. The molecule has 2 aromatic carbocycles. The second-order valence-corrected chi connectivity index (χ2v) is 9.38. The zero-order chi connectivity index (χ0) is 26.9. The molecule has 0 aliphatic rings. The van der Waals surface area contributed by atoms with Crippen LogP contribution in [0.4, 0.5) is 13.2 Å². The Morgan fingerprint density at radius 2 is 1.81 bits per heavy atom. The number of aliphatic hydroxyl groups excluding tert-OH is 1. The molecule has 1 aromatic heterocycles. The van der Waals surface area contributed by atoms with Crippen molar-refractivity contribution in [3.8, 4) is 11.3 Å². The molecule has 0 saturated heterocycles. The summed E-state index contributed by atoms with van der Waals surface area (Å²) in [6, 6.07) is 12.4. The monoisotopic (exact) mass is 504 g/mol. The highest BCUT2D eigenvalue weighted by Gasteiger charge is 2.38. The number of carbonyl (C=O) groups is 1. The molecule has 0 fully saturated rings. The highest BCUT2D eigenvalue weighted by atomic mass is 19.1. The van der Waals surface area contributed by atoms with E-state index in [0.717, 1.165) is 23.8 Å². The van der Waals surface area contributed by atoms with Gasteiger partial charge in [0, 0.05) is 24.8 Å². The van der Waals surface area contributed by atoms with E-state index < -0.39 is 35.6 Å². The third kappa shape index (κ3) is 7.18. The summed E-state index contributed by atoms with van der Waals surface area (Å²) in [7, 11) is 0.500. The second kappa shape index (κ2) is 13.2. The van der Waals surface area contributed by atoms with Gasteiger partial charge in [-0.3, -0.25) is 9.18 Å². The van der Waals surface area contributed by atoms with Crippen LogP contribution in [-0.4, -0.2) is 52.3 Å². The molecule has 1 atom stereocenters. The number of imidazole rings is 1. The smallest absolute Gasteiger partial charge is 0.248 e. The topological polar surface area (TPSA) is 84.4 Å². The molecule has 0 spiro atoms. The fourth-order valence-corrected chi connectivity index (χ4v) is 4.12. The van der Waals surface area contributed by atoms with E-state index in [1.165, 1.54) is 0 Å². The van der Waals surface area contributed by atoms with E-state index in [-0.39, 0.29) is 11.3 Å². The Hall–Kier alpha value is -3.17. The summed E-state index contributed by atoms with van der Waals surface area (Å²) in [5, 5.41) is 9.68. The van der Waals surface area contributed by atoms with Crippen LogP contribution in [0, 0.1) is 17.0 Å². The van der Waals surface area contributed by atoms with Crippen LogP contribution in [0.3, 0.4) is 0 Å². The Kier molecular flexibility index (Phi) is 10.7. The number of aliphatic hydroxyl groups is 1. The molecule has 0 bridgehead atoms. The third-order valence-corrected chi connectivity index (χ3v) is 5.64. The van der Waals surface area contributed by atoms with Crippen molar-refractivity contribution in [3.63, 3.8) is 0 Å². The number of hydrogen-bond donors (Lipinski definition) is 2. The van der Waals surface area contributed by atoms with Gasteiger partial charge in [0.1, 0.15) is 24.1 Å². The summed E-state index contributed by atoms with van der Waals surface area (Å²) >= 11 is 0. The largest absolute Gasteiger partial charge is 0.387 e. The van der Waals surface area contributed by atoms with Gasteiger partial charge in [-0.2, -0.15) is 0 Å². The highest BCUT2D eigenvalue weighted by molar-refractivity contribution is 5.77. The minimum absolute atomic E-state index is 0.0442. The number of carbonyl (C=O) groups excluding carboxylic acids is 1. The summed E-state index contributed by atoms with van der Waals surface area (Å²) in [6.45, 7) is 6.40. The first-order valence-corrected chi connectivity index (χ1v) is 11.7. The zero-order valence-electron chi connectivity index (χ0n) is 21.2. The van der Waals surface area contributed by atoms with Crippen LogP contribution in [0.1, 0.15) is 44.6 Å². The van der Waals surface area contributed by atoms with Gasteiger partial charge in [-0.05, 0) is 42.1 Å². The summed E-state index contributed by atoms with van der Waals surface area (Å²) in [6.07, 6.45) is 2.23. The van der Waals surface area contributed by atoms with Gasteiger partial charge in [-0.25, -0.2) is 13.8 Å². The molecule has 3 aromatic rings. The molecule has 1 amide bonds. The molecule has 1 unspecified atom stereocenters. The van der Waals surface area contributed by atoms with Crippen LogP contribution in [0.15, 0.2) is 54.7 Å². The predicted octanol–water partition coefficient (Wildman–Crippen LogP) is 4.72. The first-order chi connectivity index (χ1) is 17.2. The van der Waals surface area contributed by atoms with Crippen molar-refractivity contribution < 1.29 is 23.1 Å². The van der Waals surface area contributed by atoms with Gasteiger partial charge in [0.15, 0.2) is 0 Å². The van der Waals surface area contributed by atoms with Gasteiger partial charge < -0.3 is 20.3 Å². The van der Waals surface area contributed by atoms with Crippen molar-refractivity contribution in [1.82, 2.24) is 14.5 Å². The van der Waals surface area contributed by atoms with E-state index in [0.29, 0.717) is 39.1 Å². The minimum atomic E-state index is -0.651. The maximum atomic E-state index is 14.6. The van der Waals surface area contributed by atoms with Gasteiger partial charge in [0.2, 0.25) is 5.91 Å². The molecule has 6 nitrogen and oxygen atoms in total. The fraction of sp³-hybridized carbons (Fsp3) is 0.407. The summed E-state index contributed by atoms with van der Waals surface area (Å²) in [4.78, 5) is 19.1. The van der Waals surface area contributed by atoms with Gasteiger partial charge in [-0.15, -0.1) is 0 Å². The number of aromatic nitrogens is 2. The highest BCUT2D eigenvalue weighted by Crippen LogP contribution is 2.39. The molecule has 0 radical (unpaired) electrons. The number of rotatable bonds is 9. The number of hydrogen-bond acceptors (Lipinski definition) is 4. The number of nitrogens with two attached hydrogens (primary N) is 1. The van der Waals surface area contributed by atoms with Crippen LogP contribution in [0.2, 0.25) is 0 Å². The lowest BCUT2D eigenvalue weighted by atomic mass is 9.84. The molecule has 0 saturated carbocycles. The Morgan fingerprint density at radius 3 is 2.39 bits per heavy atom. The Bertz CT molecular complexity index is 1110. The van der Waals surface area contributed by atoms with Crippen molar-refractivity contribution >= 4 is 5.91 Å². The average molecular weight is 505 g/mol. The van der Waals surface area contributed by atoms with Gasteiger partial charge in [-0.1, -0.05) is 51.1 Å². The molecular formula is C27H35F3N4O2. The van der Waals surface area contributed by atoms with Crippen LogP contribution in [0.5, 0.6) is 0 Å². The molecule has 3 rings (SSSR count). The molecule has 36 heavy (non-hydrogen) atoms. The summed E-state index contributed by atoms with van der Waals surface area (Å²) in [5.41, 5.74) is 6.52. The third-order valence-electron chi connectivity index (χ3n) is 5.64. The second-order valence-electron chi connectivity index (χ2n) is 9.38. The van der Waals surface area contributed by atoms with E-state index in [1.54, 1.807) is 11.1 Å².